The number of rotatable bonds is 12. The van der Waals surface area contributed by atoms with Gasteiger partial charge in [-0.1, -0.05) is 69.4 Å². The van der Waals surface area contributed by atoms with E-state index < -0.39 is 0 Å². The van der Waals surface area contributed by atoms with E-state index in [0.29, 0.717) is 0 Å². The van der Waals surface area contributed by atoms with Crippen molar-refractivity contribution in [3.63, 3.8) is 0 Å². The van der Waals surface area contributed by atoms with Gasteiger partial charge in [-0.05, 0) is 92.6 Å². The Hall–Kier alpha value is -1.08. The maximum atomic E-state index is 5.82. The van der Waals surface area contributed by atoms with Gasteiger partial charge in [0.2, 0.25) is 0 Å². The lowest BCUT2D eigenvalue weighted by Crippen LogP contribution is -2.25. The average molecular weight is 411 g/mol. The predicted molar refractivity (Wildman–Crippen MR) is 130 cm³/mol. The van der Waals surface area contributed by atoms with Crippen molar-refractivity contribution in [2.45, 2.75) is 109 Å². The van der Waals surface area contributed by atoms with E-state index in [2.05, 4.69) is 43.8 Å². The van der Waals surface area contributed by atoms with E-state index >= 15 is 0 Å². The molecule has 0 heterocycles. The van der Waals surface area contributed by atoms with Gasteiger partial charge in [0.25, 0.3) is 0 Å². The molecule has 0 aliphatic heterocycles. The van der Waals surface area contributed by atoms with Crippen LogP contribution in [0.4, 0.5) is 0 Å². The molecular formula is C29H46O. The third-order valence-corrected chi connectivity index (χ3v) is 7.96. The summed E-state index contributed by atoms with van der Waals surface area (Å²) in [5.41, 5.74) is 2.89. The third-order valence-electron chi connectivity index (χ3n) is 7.96. The van der Waals surface area contributed by atoms with Crippen LogP contribution in [0.5, 0.6) is 0 Å². The number of unbranched alkanes of at least 4 members (excludes halogenated alkanes) is 3. The van der Waals surface area contributed by atoms with Crippen LogP contribution < -0.4 is 0 Å². The van der Waals surface area contributed by atoms with Gasteiger partial charge in [-0.2, -0.15) is 0 Å². The number of hydrogen-bond donors (Lipinski definition) is 0. The van der Waals surface area contributed by atoms with Gasteiger partial charge in [0, 0.05) is 6.61 Å². The van der Waals surface area contributed by atoms with Gasteiger partial charge < -0.3 is 4.74 Å². The Kier molecular flexibility index (Phi) is 10.5. The lowest BCUT2D eigenvalue weighted by molar-refractivity contribution is 0.117. The minimum Gasteiger partial charge on any atom is -0.377 e. The summed E-state index contributed by atoms with van der Waals surface area (Å²) >= 11 is 0. The molecule has 0 atom stereocenters. The van der Waals surface area contributed by atoms with Crippen LogP contribution in [0.2, 0.25) is 0 Å². The van der Waals surface area contributed by atoms with Crippen molar-refractivity contribution in [3.05, 3.63) is 48.0 Å². The van der Waals surface area contributed by atoms with Crippen LogP contribution in [0.1, 0.15) is 114 Å². The monoisotopic (exact) mass is 410 g/mol. The summed E-state index contributed by atoms with van der Waals surface area (Å²) in [5.74, 6) is 3.82. The summed E-state index contributed by atoms with van der Waals surface area (Å²) in [4.78, 5) is 0. The standard InChI is InChI=1S/C29H46O/c1-3-5-7-9-24-10-14-26(15-11-24)28-18-20-29(21-19-28)27-16-12-25(13-17-27)23-30-22-8-6-4-2/h3,12-13,16-17,24,26,28-29H,1,4-11,14-15,18-23H2,2H3. The number of ether oxygens (including phenoxy) is 1. The summed E-state index contributed by atoms with van der Waals surface area (Å²) in [7, 11) is 0. The van der Waals surface area contributed by atoms with Gasteiger partial charge in [-0.3, -0.25) is 0 Å². The molecule has 0 aromatic heterocycles. The molecule has 30 heavy (non-hydrogen) atoms. The molecule has 0 amide bonds. The van der Waals surface area contributed by atoms with Crippen LogP contribution >= 0.6 is 0 Å². The highest BCUT2D eigenvalue weighted by Crippen LogP contribution is 2.44. The molecule has 0 spiro atoms. The molecule has 1 nitrogen and oxygen atoms in total. The Morgan fingerprint density at radius 3 is 2.17 bits per heavy atom. The van der Waals surface area contributed by atoms with E-state index in [-0.39, 0.29) is 0 Å². The first-order valence-corrected chi connectivity index (χ1v) is 13.1. The quantitative estimate of drug-likeness (QED) is 0.247. The zero-order valence-corrected chi connectivity index (χ0v) is 19.6. The van der Waals surface area contributed by atoms with E-state index in [0.717, 1.165) is 36.9 Å². The fourth-order valence-corrected chi connectivity index (χ4v) is 5.95. The number of hydrogen-bond acceptors (Lipinski definition) is 1. The molecule has 3 rings (SSSR count). The van der Waals surface area contributed by atoms with Crippen molar-refractivity contribution >= 4 is 0 Å². The molecule has 2 saturated carbocycles. The van der Waals surface area contributed by atoms with Crippen molar-refractivity contribution in [1.29, 1.82) is 0 Å². The van der Waals surface area contributed by atoms with Crippen LogP contribution in [-0.2, 0) is 11.3 Å². The summed E-state index contributed by atoms with van der Waals surface area (Å²) in [6, 6.07) is 9.36. The summed E-state index contributed by atoms with van der Waals surface area (Å²) in [6.07, 6.45) is 21.5. The van der Waals surface area contributed by atoms with E-state index in [1.54, 1.807) is 5.56 Å². The first kappa shape index (κ1) is 23.6. The van der Waals surface area contributed by atoms with Crippen molar-refractivity contribution in [3.8, 4) is 0 Å². The zero-order chi connectivity index (χ0) is 21.0. The van der Waals surface area contributed by atoms with E-state index in [1.807, 2.05) is 0 Å². The highest BCUT2D eigenvalue weighted by molar-refractivity contribution is 5.25. The second-order valence-corrected chi connectivity index (χ2v) is 10.1. The smallest absolute Gasteiger partial charge is 0.0716 e. The van der Waals surface area contributed by atoms with Gasteiger partial charge in [-0.25, -0.2) is 0 Å². The van der Waals surface area contributed by atoms with Crippen LogP contribution in [0.25, 0.3) is 0 Å². The van der Waals surface area contributed by atoms with Gasteiger partial charge in [0.05, 0.1) is 6.61 Å². The normalized spacial score (nSPS) is 27.1. The molecule has 2 aliphatic rings. The van der Waals surface area contributed by atoms with E-state index in [9.17, 15) is 0 Å². The number of allylic oxidation sites excluding steroid dienone is 1. The highest BCUT2D eigenvalue weighted by atomic mass is 16.5. The molecule has 1 aromatic rings. The molecule has 168 valence electrons. The molecule has 0 N–H and O–H groups in total. The maximum Gasteiger partial charge on any atom is 0.0716 e. The van der Waals surface area contributed by atoms with E-state index in [1.165, 1.54) is 95.5 Å². The Balaban J connectivity index is 1.35. The molecule has 0 radical (unpaired) electrons. The summed E-state index contributed by atoms with van der Waals surface area (Å²) < 4.78 is 5.82. The van der Waals surface area contributed by atoms with Crippen LogP contribution in [-0.4, -0.2) is 6.61 Å². The second-order valence-electron chi connectivity index (χ2n) is 10.1. The second kappa shape index (κ2) is 13.4. The van der Waals surface area contributed by atoms with Gasteiger partial charge in [0.15, 0.2) is 0 Å². The van der Waals surface area contributed by atoms with Gasteiger partial charge in [-0.15, -0.1) is 6.58 Å². The maximum absolute atomic E-state index is 5.82. The molecule has 0 unspecified atom stereocenters. The average Bonchev–Trinajstić information content (AvgIpc) is 2.80. The van der Waals surface area contributed by atoms with Gasteiger partial charge in [0.1, 0.15) is 0 Å². The minimum atomic E-state index is 0.771. The topological polar surface area (TPSA) is 9.23 Å². The molecule has 2 aliphatic carbocycles. The van der Waals surface area contributed by atoms with Crippen LogP contribution in [0.15, 0.2) is 36.9 Å². The predicted octanol–water partition coefficient (Wildman–Crippen LogP) is 8.83. The Labute approximate surface area is 186 Å². The van der Waals surface area contributed by atoms with Crippen LogP contribution in [0, 0.1) is 17.8 Å². The molecule has 0 saturated heterocycles. The SMILES string of the molecule is C=CCCCC1CCC(C2CCC(c3ccc(COCCCCC)cc3)CC2)CC1. The molecule has 1 heteroatoms. The van der Waals surface area contributed by atoms with Crippen LogP contribution in [0.3, 0.4) is 0 Å². The third kappa shape index (κ3) is 7.56. The molecule has 2 fully saturated rings. The minimum absolute atomic E-state index is 0.771. The van der Waals surface area contributed by atoms with E-state index in [4.69, 9.17) is 4.74 Å². The largest absolute Gasteiger partial charge is 0.377 e. The van der Waals surface area contributed by atoms with Crippen molar-refractivity contribution in [1.82, 2.24) is 0 Å². The summed E-state index contributed by atoms with van der Waals surface area (Å²) in [5, 5.41) is 0. The first-order chi connectivity index (χ1) is 14.8. The Bertz CT molecular complexity index is 573. The number of benzene rings is 1. The Morgan fingerprint density at radius 2 is 1.53 bits per heavy atom. The zero-order valence-electron chi connectivity index (χ0n) is 19.6. The fourth-order valence-electron chi connectivity index (χ4n) is 5.95. The Morgan fingerprint density at radius 1 is 0.867 bits per heavy atom. The van der Waals surface area contributed by atoms with Crippen molar-refractivity contribution in [2.75, 3.05) is 6.61 Å². The highest BCUT2D eigenvalue weighted by Gasteiger charge is 2.31. The fraction of sp³-hybridized carbons (Fsp3) is 0.724. The summed E-state index contributed by atoms with van der Waals surface area (Å²) in [6.45, 7) is 7.77. The molecular weight excluding hydrogens is 364 g/mol. The van der Waals surface area contributed by atoms with Crippen molar-refractivity contribution in [2.24, 2.45) is 17.8 Å². The van der Waals surface area contributed by atoms with Gasteiger partial charge >= 0.3 is 0 Å². The first-order valence-electron chi connectivity index (χ1n) is 13.1. The lowest BCUT2D eigenvalue weighted by atomic mass is 9.68. The van der Waals surface area contributed by atoms with Crippen molar-refractivity contribution < 1.29 is 4.74 Å². The lowest BCUT2D eigenvalue weighted by Gasteiger charge is -2.38. The molecule has 1 aromatic carbocycles. The molecule has 0 bridgehead atoms.